The number of carbonyl (C=O) groups excluding carboxylic acids is 1. The van der Waals surface area contributed by atoms with Gasteiger partial charge in [-0.15, -0.1) is 0 Å². The van der Waals surface area contributed by atoms with Gasteiger partial charge in [0.1, 0.15) is 5.75 Å². The number of methoxy groups -OCH3 is 1. The molecule has 1 amide bonds. The van der Waals surface area contributed by atoms with Crippen LogP contribution in [0.1, 0.15) is 17.5 Å². The Kier molecular flexibility index (Phi) is 4.36. The van der Waals surface area contributed by atoms with Crippen LogP contribution >= 0.6 is 0 Å². The number of para-hydroxylation sites is 2. The van der Waals surface area contributed by atoms with Crippen molar-refractivity contribution in [3.8, 4) is 5.75 Å². The molecule has 0 N–H and O–H groups in total. The van der Waals surface area contributed by atoms with Crippen molar-refractivity contribution >= 4 is 17.3 Å². The number of hydrogen-bond acceptors (Lipinski definition) is 3. The molecule has 2 aliphatic rings. The highest BCUT2D eigenvalue weighted by molar-refractivity contribution is 6.13. The maximum atomic E-state index is 13.8. The lowest BCUT2D eigenvalue weighted by Gasteiger charge is -2.25. The molecule has 0 saturated carbocycles. The Labute approximate surface area is 171 Å². The van der Waals surface area contributed by atoms with Crippen molar-refractivity contribution in [2.24, 2.45) is 0 Å². The van der Waals surface area contributed by atoms with Gasteiger partial charge in [0.25, 0.3) is 0 Å². The molecule has 2 heterocycles. The predicted octanol–water partition coefficient (Wildman–Crippen LogP) is 4.52. The SMILES string of the molecule is COc1ccc(CN2CCC3(C2)C(=O)N(c2ccccc2)c2ccccc23)cc1. The maximum absolute atomic E-state index is 13.8. The van der Waals surface area contributed by atoms with E-state index in [9.17, 15) is 4.79 Å². The number of carbonyl (C=O) groups is 1. The summed E-state index contributed by atoms with van der Waals surface area (Å²) in [6.07, 6.45) is 0.850. The minimum atomic E-state index is -0.459. The molecular formula is C25H24N2O2. The summed E-state index contributed by atoms with van der Waals surface area (Å²) in [5, 5.41) is 0. The minimum absolute atomic E-state index is 0.196. The largest absolute Gasteiger partial charge is 0.497 e. The summed E-state index contributed by atoms with van der Waals surface area (Å²) in [5.74, 6) is 1.06. The van der Waals surface area contributed by atoms with Crippen LogP contribution in [-0.2, 0) is 16.8 Å². The Balaban J connectivity index is 1.45. The third kappa shape index (κ3) is 2.91. The molecule has 1 unspecified atom stereocenters. The molecule has 29 heavy (non-hydrogen) atoms. The maximum Gasteiger partial charge on any atom is 0.243 e. The predicted molar refractivity (Wildman–Crippen MR) is 115 cm³/mol. The fourth-order valence-corrected chi connectivity index (χ4v) is 4.75. The second-order valence-electron chi connectivity index (χ2n) is 7.88. The Morgan fingerprint density at radius 3 is 2.41 bits per heavy atom. The Morgan fingerprint density at radius 1 is 0.931 bits per heavy atom. The highest BCUT2D eigenvalue weighted by Gasteiger charge is 2.54. The molecule has 1 atom stereocenters. The summed E-state index contributed by atoms with van der Waals surface area (Å²) >= 11 is 0. The first kappa shape index (κ1) is 18.0. The third-order valence-electron chi connectivity index (χ3n) is 6.20. The van der Waals surface area contributed by atoms with Gasteiger partial charge in [-0.1, -0.05) is 48.5 Å². The molecule has 1 fully saturated rings. The first-order valence-corrected chi connectivity index (χ1v) is 10.1. The summed E-state index contributed by atoms with van der Waals surface area (Å²) in [6.45, 7) is 2.50. The van der Waals surface area contributed by atoms with E-state index < -0.39 is 5.41 Å². The van der Waals surface area contributed by atoms with Crippen LogP contribution in [0.3, 0.4) is 0 Å². The van der Waals surface area contributed by atoms with Crippen LogP contribution in [0.2, 0.25) is 0 Å². The molecule has 5 rings (SSSR count). The van der Waals surface area contributed by atoms with Crippen LogP contribution in [0, 0.1) is 0 Å². The summed E-state index contributed by atoms with van der Waals surface area (Å²) < 4.78 is 5.26. The molecule has 2 aliphatic heterocycles. The van der Waals surface area contributed by atoms with E-state index in [1.807, 2.05) is 53.4 Å². The van der Waals surface area contributed by atoms with Crippen molar-refractivity contribution in [1.29, 1.82) is 0 Å². The molecule has 146 valence electrons. The number of hydrogen-bond donors (Lipinski definition) is 0. The summed E-state index contributed by atoms with van der Waals surface area (Å²) in [6, 6.07) is 26.4. The average Bonchev–Trinajstić information content (AvgIpc) is 3.30. The van der Waals surface area contributed by atoms with E-state index in [4.69, 9.17) is 4.74 Å². The standard InChI is InChI=1S/C25H24N2O2/c1-29-21-13-11-19(12-14-21)17-26-16-15-25(18-26)22-9-5-6-10-23(22)27(24(25)28)20-7-3-2-4-8-20/h2-14H,15-18H2,1H3. The summed E-state index contributed by atoms with van der Waals surface area (Å²) in [5.41, 5.74) is 3.90. The molecule has 4 heteroatoms. The highest BCUT2D eigenvalue weighted by atomic mass is 16.5. The van der Waals surface area contributed by atoms with E-state index in [0.717, 1.165) is 48.7 Å². The lowest BCUT2D eigenvalue weighted by atomic mass is 9.81. The molecule has 0 radical (unpaired) electrons. The van der Waals surface area contributed by atoms with Crippen molar-refractivity contribution in [3.63, 3.8) is 0 Å². The quantitative estimate of drug-likeness (QED) is 0.663. The highest BCUT2D eigenvalue weighted by Crippen LogP contribution is 2.50. The van der Waals surface area contributed by atoms with E-state index in [1.165, 1.54) is 5.56 Å². The van der Waals surface area contributed by atoms with Gasteiger partial charge in [0.05, 0.1) is 18.2 Å². The molecule has 4 nitrogen and oxygen atoms in total. The Hall–Kier alpha value is -3.11. The van der Waals surface area contributed by atoms with Gasteiger partial charge in [0.2, 0.25) is 5.91 Å². The van der Waals surface area contributed by atoms with Crippen LogP contribution in [0.15, 0.2) is 78.9 Å². The zero-order valence-corrected chi connectivity index (χ0v) is 16.5. The van der Waals surface area contributed by atoms with Gasteiger partial charge < -0.3 is 4.74 Å². The normalized spacial score (nSPS) is 21.0. The van der Waals surface area contributed by atoms with E-state index >= 15 is 0 Å². The minimum Gasteiger partial charge on any atom is -0.497 e. The number of nitrogens with zero attached hydrogens (tertiary/aromatic N) is 2. The van der Waals surface area contributed by atoms with Gasteiger partial charge in [-0.2, -0.15) is 0 Å². The van der Waals surface area contributed by atoms with Crippen molar-refractivity contribution in [2.45, 2.75) is 18.4 Å². The monoisotopic (exact) mass is 384 g/mol. The van der Waals surface area contributed by atoms with Crippen molar-refractivity contribution < 1.29 is 9.53 Å². The average molecular weight is 384 g/mol. The topological polar surface area (TPSA) is 32.8 Å². The number of ether oxygens (including phenoxy) is 1. The first-order valence-electron chi connectivity index (χ1n) is 10.1. The number of fused-ring (bicyclic) bond motifs is 2. The molecule has 3 aromatic rings. The van der Waals surface area contributed by atoms with E-state index in [-0.39, 0.29) is 5.91 Å². The van der Waals surface area contributed by atoms with E-state index in [1.54, 1.807) is 7.11 Å². The molecular weight excluding hydrogens is 360 g/mol. The fraction of sp³-hybridized carbons (Fsp3) is 0.240. The number of benzene rings is 3. The Bertz CT molecular complexity index is 1030. The van der Waals surface area contributed by atoms with Crippen molar-refractivity contribution in [1.82, 2.24) is 4.90 Å². The van der Waals surface area contributed by atoms with Crippen LogP contribution in [-0.4, -0.2) is 31.0 Å². The zero-order valence-electron chi connectivity index (χ0n) is 16.5. The van der Waals surface area contributed by atoms with E-state index in [2.05, 4.69) is 35.2 Å². The Morgan fingerprint density at radius 2 is 1.66 bits per heavy atom. The molecule has 0 aromatic heterocycles. The third-order valence-corrected chi connectivity index (χ3v) is 6.20. The van der Waals surface area contributed by atoms with Gasteiger partial charge in [0.15, 0.2) is 0 Å². The van der Waals surface area contributed by atoms with Crippen molar-refractivity contribution in [2.75, 3.05) is 25.1 Å². The van der Waals surface area contributed by atoms with Gasteiger partial charge in [0, 0.05) is 18.8 Å². The molecule has 1 saturated heterocycles. The zero-order chi connectivity index (χ0) is 19.8. The van der Waals surface area contributed by atoms with Gasteiger partial charge in [-0.25, -0.2) is 0 Å². The molecule has 1 spiro atoms. The van der Waals surface area contributed by atoms with E-state index in [0.29, 0.717) is 0 Å². The number of amides is 1. The van der Waals surface area contributed by atoms with Crippen molar-refractivity contribution in [3.05, 3.63) is 90.0 Å². The lowest BCUT2D eigenvalue weighted by Crippen LogP contribution is -2.40. The first-order chi connectivity index (χ1) is 14.2. The van der Waals surface area contributed by atoms with Gasteiger partial charge >= 0.3 is 0 Å². The molecule has 0 bridgehead atoms. The number of likely N-dealkylation sites (tertiary alicyclic amines) is 1. The number of anilines is 2. The van der Waals surface area contributed by atoms with Crippen LogP contribution in [0.25, 0.3) is 0 Å². The molecule has 3 aromatic carbocycles. The van der Waals surface area contributed by atoms with Crippen LogP contribution < -0.4 is 9.64 Å². The van der Waals surface area contributed by atoms with Gasteiger partial charge in [-0.05, 0) is 54.4 Å². The van der Waals surface area contributed by atoms with Crippen LogP contribution in [0.5, 0.6) is 5.75 Å². The van der Waals surface area contributed by atoms with Crippen LogP contribution in [0.4, 0.5) is 11.4 Å². The van der Waals surface area contributed by atoms with Gasteiger partial charge in [-0.3, -0.25) is 14.6 Å². The smallest absolute Gasteiger partial charge is 0.243 e. The summed E-state index contributed by atoms with van der Waals surface area (Å²) in [4.78, 5) is 18.1. The number of rotatable bonds is 4. The summed E-state index contributed by atoms with van der Waals surface area (Å²) in [7, 11) is 1.68. The molecule has 0 aliphatic carbocycles. The second-order valence-corrected chi connectivity index (χ2v) is 7.88. The fourth-order valence-electron chi connectivity index (χ4n) is 4.75. The lowest BCUT2D eigenvalue weighted by molar-refractivity contribution is -0.122. The second kappa shape index (κ2) is 7.05.